The van der Waals surface area contributed by atoms with E-state index in [-0.39, 0.29) is 12.0 Å². The number of ether oxygens (including phenoxy) is 1. The Morgan fingerprint density at radius 3 is 3.05 bits per heavy atom. The number of hydrogen-bond donors (Lipinski definition) is 0. The highest BCUT2D eigenvalue weighted by Gasteiger charge is 2.29. The quantitative estimate of drug-likeness (QED) is 0.858. The summed E-state index contributed by atoms with van der Waals surface area (Å²) in [6.07, 6.45) is 2.30. The van der Waals surface area contributed by atoms with E-state index in [1.165, 1.54) is 0 Å². The van der Waals surface area contributed by atoms with Crippen LogP contribution in [-0.2, 0) is 0 Å². The lowest BCUT2D eigenvalue weighted by atomic mass is 10.3. The van der Waals surface area contributed by atoms with Crippen LogP contribution in [0.2, 0.25) is 0 Å². The molecule has 7 heteroatoms. The van der Waals surface area contributed by atoms with Crippen LogP contribution in [0.3, 0.4) is 0 Å². The first-order chi connectivity index (χ1) is 9.72. The van der Waals surface area contributed by atoms with Crippen LogP contribution in [0.1, 0.15) is 17.0 Å². The van der Waals surface area contributed by atoms with Gasteiger partial charge in [-0.05, 0) is 34.1 Å². The molecule has 1 unspecified atom stereocenters. The number of amides is 1. The number of hydrogen-bond acceptors (Lipinski definition) is 5. The van der Waals surface area contributed by atoms with Gasteiger partial charge in [-0.1, -0.05) is 0 Å². The van der Waals surface area contributed by atoms with Crippen LogP contribution in [-0.4, -0.2) is 40.2 Å². The van der Waals surface area contributed by atoms with E-state index in [4.69, 9.17) is 9.15 Å². The van der Waals surface area contributed by atoms with Gasteiger partial charge in [0, 0.05) is 25.2 Å². The fourth-order valence-corrected chi connectivity index (χ4v) is 2.42. The molecule has 2 aromatic rings. The maximum absolute atomic E-state index is 12.2. The molecule has 1 aliphatic heterocycles. The monoisotopic (exact) mass is 337 g/mol. The Morgan fingerprint density at radius 2 is 2.35 bits per heavy atom. The third-order valence-electron chi connectivity index (χ3n) is 3.05. The molecule has 0 radical (unpaired) electrons. The molecule has 1 atom stereocenters. The number of furan rings is 1. The summed E-state index contributed by atoms with van der Waals surface area (Å²) in [6.45, 7) is 1.16. The minimum absolute atomic E-state index is 0.0611. The first-order valence-electron chi connectivity index (χ1n) is 6.21. The van der Waals surface area contributed by atoms with Crippen molar-refractivity contribution in [3.63, 3.8) is 0 Å². The average Bonchev–Trinajstić information content (AvgIpc) is 3.08. The summed E-state index contributed by atoms with van der Waals surface area (Å²) in [5, 5.41) is 7.63. The van der Waals surface area contributed by atoms with Crippen LogP contribution in [0, 0.1) is 0 Å². The third kappa shape index (κ3) is 2.82. The Balaban J connectivity index is 1.61. The summed E-state index contributed by atoms with van der Waals surface area (Å²) in [5.41, 5.74) is 0. The fraction of sp³-hybridized carbons (Fsp3) is 0.308. The number of halogens is 1. The van der Waals surface area contributed by atoms with Gasteiger partial charge in [0.1, 0.15) is 6.10 Å². The number of aromatic nitrogens is 2. The highest BCUT2D eigenvalue weighted by molar-refractivity contribution is 9.10. The molecule has 0 saturated carbocycles. The van der Waals surface area contributed by atoms with Crippen LogP contribution in [0.25, 0.3) is 0 Å². The van der Waals surface area contributed by atoms with Crippen molar-refractivity contribution in [2.24, 2.45) is 0 Å². The second-order valence-corrected chi connectivity index (χ2v) is 5.23. The maximum Gasteiger partial charge on any atom is 0.289 e. The van der Waals surface area contributed by atoms with E-state index < -0.39 is 0 Å². The summed E-state index contributed by atoms with van der Waals surface area (Å²) in [4.78, 5) is 13.9. The van der Waals surface area contributed by atoms with Crippen molar-refractivity contribution >= 4 is 21.8 Å². The molecule has 0 N–H and O–H groups in total. The molecule has 1 amide bonds. The van der Waals surface area contributed by atoms with E-state index in [9.17, 15) is 4.79 Å². The molecule has 104 valence electrons. The Hall–Kier alpha value is -1.89. The molecule has 20 heavy (non-hydrogen) atoms. The molecule has 6 nitrogen and oxygen atoms in total. The lowest BCUT2D eigenvalue weighted by Gasteiger charge is -2.15. The molecule has 0 bridgehead atoms. The van der Waals surface area contributed by atoms with Crippen LogP contribution < -0.4 is 4.74 Å². The van der Waals surface area contributed by atoms with Crippen molar-refractivity contribution in [2.75, 3.05) is 13.1 Å². The molecule has 0 spiro atoms. The minimum atomic E-state index is -0.124. The van der Waals surface area contributed by atoms with E-state index in [1.54, 1.807) is 35.4 Å². The second-order valence-electron chi connectivity index (χ2n) is 4.45. The Labute approximate surface area is 123 Å². The molecule has 1 fully saturated rings. The van der Waals surface area contributed by atoms with Crippen molar-refractivity contribution in [2.45, 2.75) is 12.5 Å². The third-order valence-corrected chi connectivity index (χ3v) is 3.48. The van der Waals surface area contributed by atoms with E-state index >= 15 is 0 Å². The standard InChI is InChI=1S/C13H12BrN3O3/c14-11-4-3-10(20-11)13(18)17-7-5-9(8-17)19-12-2-1-6-15-16-12/h1-4,6,9H,5,7-8H2. The van der Waals surface area contributed by atoms with Crippen molar-refractivity contribution in [3.05, 3.63) is 40.9 Å². The van der Waals surface area contributed by atoms with E-state index in [1.807, 2.05) is 0 Å². The number of carbonyl (C=O) groups excluding carboxylic acids is 1. The van der Waals surface area contributed by atoms with Gasteiger partial charge in [0.05, 0.1) is 6.54 Å². The summed E-state index contributed by atoms with van der Waals surface area (Å²) in [6, 6.07) is 6.88. The van der Waals surface area contributed by atoms with Crippen molar-refractivity contribution in [1.82, 2.24) is 15.1 Å². The van der Waals surface area contributed by atoms with Gasteiger partial charge in [0.2, 0.25) is 5.88 Å². The molecule has 3 heterocycles. The molecular formula is C13H12BrN3O3. The predicted molar refractivity (Wildman–Crippen MR) is 73.4 cm³/mol. The fourth-order valence-electron chi connectivity index (χ4n) is 2.11. The number of likely N-dealkylation sites (tertiary alicyclic amines) is 1. The minimum Gasteiger partial charge on any atom is -0.471 e. The lowest BCUT2D eigenvalue weighted by Crippen LogP contribution is -2.30. The van der Waals surface area contributed by atoms with Gasteiger partial charge in [-0.15, -0.1) is 5.10 Å². The van der Waals surface area contributed by atoms with Gasteiger partial charge < -0.3 is 14.1 Å². The van der Waals surface area contributed by atoms with E-state index in [0.29, 0.717) is 29.4 Å². The lowest BCUT2D eigenvalue weighted by molar-refractivity contribution is 0.0738. The smallest absolute Gasteiger partial charge is 0.289 e. The van der Waals surface area contributed by atoms with Crippen LogP contribution >= 0.6 is 15.9 Å². The van der Waals surface area contributed by atoms with Crippen molar-refractivity contribution in [1.29, 1.82) is 0 Å². The zero-order valence-electron chi connectivity index (χ0n) is 10.5. The second kappa shape index (κ2) is 5.62. The van der Waals surface area contributed by atoms with Gasteiger partial charge in [0.25, 0.3) is 5.91 Å². The normalized spacial score (nSPS) is 18.2. The van der Waals surface area contributed by atoms with Crippen LogP contribution in [0.15, 0.2) is 39.5 Å². The van der Waals surface area contributed by atoms with E-state index in [0.717, 1.165) is 6.42 Å². The zero-order chi connectivity index (χ0) is 13.9. The van der Waals surface area contributed by atoms with Crippen molar-refractivity contribution < 1.29 is 13.9 Å². The summed E-state index contributed by atoms with van der Waals surface area (Å²) in [7, 11) is 0. The van der Waals surface area contributed by atoms with Gasteiger partial charge in [-0.3, -0.25) is 4.79 Å². The first kappa shape index (κ1) is 13.1. The molecule has 1 aliphatic rings. The number of nitrogens with zero attached hydrogens (tertiary/aromatic N) is 3. The van der Waals surface area contributed by atoms with Crippen LogP contribution in [0.4, 0.5) is 0 Å². The SMILES string of the molecule is O=C(c1ccc(Br)o1)N1CCC(Oc2cccnn2)C1. The van der Waals surface area contributed by atoms with Gasteiger partial charge in [-0.25, -0.2) is 0 Å². The Kier molecular flexibility index (Phi) is 3.68. The van der Waals surface area contributed by atoms with Gasteiger partial charge in [0.15, 0.2) is 10.4 Å². The van der Waals surface area contributed by atoms with Gasteiger partial charge >= 0.3 is 0 Å². The largest absolute Gasteiger partial charge is 0.471 e. The summed E-state index contributed by atoms with van der Waals surface area (Å²) < 4.78 is 11.5. The predicted octanol–water partition coefficient (Wildman–Crippen LogP) is 2.13. The van der Waals surface area contributed by atoms with Crippen molar-refractivity contribution in [3.8, 4) is 5.88 Å². The number of rotatable bonds is 3. The summed E-state index contributed by atoms with van der Waals surface area (Å²) >= 11 is 3.19. The molecule has 1 saturated heterocycles. The molecule has 0 aromatic carbocycles. The average molecular weight is 338 g/mol. The van der Waals surface area contributed by atoms with E-state index in [2.05, 4.69) is 26.1 Å². The Morgan fingerprint density at radius 1 is 1.45 bits per heavy atom. The highest BCUT2D eigenvalue weighted by Crippen LogP contribution is 2.20. The first-order valence-corrected chi connectivity index (χ1v) is 7.00. The summed E-state index contributed by atoms with van der Waals surface area (Å²) in [5.74, 6) is 0.686. The van der Waals surface area contributed by atoms with Crippen LogP contribution in [0.5, 0.6) is 5.88 Å². The van der Waals surface area contributed by atoms with Gasteiger partial charge in [-0.2, -0.15) is 5.10 Å². The zero-order valence-corrected chi connectivity index (χ0v) is 12.1. The number of carbonyl (C=O) groups is 1. The molecule has 2 aromatic heterocycles. The maximum atomic E-state index is 12.2. The Bertz CT molecular complexity index is 602. The molecular weight excluding hydrogens is 326 g/mol. The molecule has 3 rings (SSSR count). The molecule has 0 aliphatic carbocycles. The highest BCUT2D eigenvalue weighted by atomic mass is 79.9. The topological polar surface area (TPSA) is 68.5 Å².